The van der Waals surface area contributed by atoms with Gasteiger partial charge in [0.15, 0.2) is 0 Å². The molecular weight excluding hydrogens is 365 g/mol. The normalized spacial score (nSPS) is 13.5. The molecule has 0 radical (unpaired) electrons. The number of benzene rings is 3. The number of aliphatic hydroxyl groups excluding tert-OH is 1. The number of para-hydroxylation sites is 1. The van der Waals surface area contributed by atoms with Crippen LogP contribution in [0.5, 0.6) is 5.75 Å². The molecule has 0 fully saturated rings. The summed E-state index contributed by atoms with van der Waals surface area (Å²) in [5.41, 5.74) is 3.23. The van der Waals surface area contributed by atoms with Crippen molar-refractivity contribution >= 4 is 13.9 Å². The monoisotopic (exact) mass is 393 g/mol. The van der Waals surface area contributed by atoms with Gasteiger partial charge in [0.2, 0.25) is 0 Å². The number of ether oxygens (including phenoxy) is 1. The van der Waals surface area contributed by atoms with Crippen LogP contribution in [0.15, 0.2) is 78.9 Å². The molecule has 0 amide bonds. The van der Waals surface area contributed by atoms with Crippen molar-refractivity contribution in [3.8, 4) is 16.9 Å². The minimum atomic E-state index is -0.497. The Morgan fingerprint density at radius 1 is 0.929 bits per heavy atom. The summed E-state index contributed by atoms with van der Waals surface area (Å²) >= 11 is 0. The van der Waals surface area contributed by atoms with Crippen molar-refractivity contribution in [2.45, 2.75) is 26.0 Å². The largest absolute Gasteiger partial charge is 0.493 e. The summed E-state index contributed by atoms with van der Waals surface area (Å²) in [7, 11) is 0.646. The van der Waals surface area contributed by atoms with Crippen LogP contribution in [0.4, 0.5) is 0 Å². The fraction of sp³-hybridized carbons (Fsp3) is 0.250. The first kappa shape index (κ1) is 20.5. The van der Waals surface area contributed by atoms with Crippen molar-refractivity contribution < 1.29 is 9.84 Å². The molecule has 28 heavy (non-hydrogen) atoms. The van der Waals surface area contributed by atoms with Crippen molar-refractivity contribution in [1.29, 1.82) is 0 Å². The fourth-order valence-electron chi connectivity index (χ4n) is 3.12. The maximum absolute atomic E-state index is 10.4. The molecule has 2 N–H and O–H groups in total. The van der Waals surface area contributed by atoms with Crippen LogP contribution in [0.3, 0.4) is 0 Å². The molecule has 3 aromatic carbocycles. The van der Waals surface area contributed by atoms with Crippen LogP contribution < -0.4 is 15.4 Å². The summed E-state index contributed by atoms with van der Waals surface area (Å²) in [5.74, 6) is 0.922. The Bertz CT molecular complexity index is 852. The average molecular weight is 393 g/mol. The van der Waals surface area contributed by atoms with Crippen LogP contribution in [0.25, 0.3) is 11.1 Å². The highest BCUT2D eigenvalue weighted by Gasteiger charge is 2.15. The molecule has 0 aliphatic rings. The SMILES string of the molecule is CCOc1ccccc1-c1ccc(PCN[C@@H](C)[C@H](O)c2ccccc2)cc1. The zero-order valence-electron chi connectivity index (χ0n) is 16.4. The molecule has 0 aromatic heterocycles. The fourth-order valence-corrected chi connectivity index (χ4v) is 4.15. The van der Waals surface area contributed by atoms with E-state index in [-0.39, 0.29) is 6.04 Å². The molecule has 3 rings (SSSR count). The third kappa shape index (κ3) is 5.42. The lowest BCUT2D eigenvalue weighted by atomic mass is 10.0. The first-order valence-electron chi connectivity index (χ1n) is 9.71. The van der Waals surface area contributed by atoms with Gasteiger partial charge in [-0.1, -0.05) is 81.4 Å². The average Bonchev–Trinajstić information content (AvgIpc) is 2.75. The molecule has 0 aliphatic heterocycles. The summed E-state index contributed by atoms with van der Waals surface area (Å²) in [4.78, 5) is 0. The summed E-state index contributed by atoms with van der Waals surface area (Å²) in [5, 5.41) is 15.2. The standard InChI is InChI=1S/C24H28NO2P/c1-3-27-23-12-8-7-11-22(23)19-13-15-21(16-14-19)28-17-25-18(2)24(26)20-9-5-4-6-10-20/h4-16,18,24-26,28H,3,17H2,1-2H3/t18-,24-/m0/s1. The highest BCUT2D eigenvalue weighted by atomic mass is 31.1. The van der Waals surface area contributed by atoms with E-state index >= 15 is 0 Å². The molecule has 0 aliphatic carbocycles. The minimum absolute atomic E-state index is 0.00671. The number of hydrogen-bond donors (Lipinski definition) is 2. The van der Waals surface area contributed by atoms with E-state index in [1.54, 1.807) is 0 Å². The van der Waals surface area contributed by atoms with E-state index in [9.17, 15) is 5.11 Å². The summed E-state index contributed by atoms with van der Waals surface area (Å²) in [6.07, 6.45) is 0.350. The first-order valence-corrected chi connectivity index (χ1v) is 10.9. The van der Waals surface area contributed by atoms with Crippen molar-refractivity contribution in [2.75, 3.05) is 12.9 Å². The number of aliphatic hydroxyl groups is 1. The van der Waals surface area contributed by atoms with Gasteiger partial charge in [-0.3, -0.25) is 0 Å². The van der Waals surface area contributed by atoms with Crippen molar-refractivity contribution in [2.24, 2.45) is 0 Å². The number of rotatable bonds is 9. The van der Waals surface area contributed by atoms with E-state index in [1.807, 2.05) is 62.4 Å². The molecule has 4 heteroatoms. The van der Waals surface area contributed by atoms with E-state index in [1.165, 1.54) is 10.9 Å². The smallest absolute Gasteiger partial charge is 0.127 e. The van der Waals surface area contributed by atoms with Gasteiger partial charge in [0.25, 0.3) is 0 Å². The maximum Gasteiger partial charge on any atom is 0.127 e. The second-order valence-corrected chi connectivity index (χ2v) is 7.99. The lowest BCUT2D eigenvalue weighted by Gasteiger charge is -2.20. The van der Waals surface area contributed by atoms with Gasteiger partial charge in [-0.15, -0.1) is 0 Å². The van der Waals surface area contributed by atoms with E-state index in [0.717, 1.165) is 23.2 Å². The molecule has 3 nitrogen and oxygen atoms in total. The Labute approximate surface area is 169 Å². The summed E-state index contributed by atoms with van der Waals surface area (Å²) in [6, 6.07) is 26.6. The van der Waals surface area contributed by atoms with Crippen LogP contribution in [-0.4, -0.2) is 24.0 Å². The maximum atomic E-state index is 10.4. The Morgan fingerprint density at radius 2 is 1.61 bits per heavy atom. The Balaban J connectivity index is 1.55. The Hall–Kier alpha value is -2.19. The highest BCUT2D eigenvalue weighted by Crippen LogP contribution is 2.29. The zero-order valence-corrected chi connectivity index (χ0v) is 17.4. The van der Waals surface area contributed by atoms with Crippen LogP contribution in [0, 0.1) is 0 Å². The van der Waals surface area contributed by atoms with Crippen LogP contribution >= 0.6 is 8.58 Å². The summed E-state index contributed by atoms with van der Waals surface area (Å²) < 4.78 is 5.74. The van der Waals surface area contributed by atoms with Gasteiger partial charge >= 0.3 is 0 Å². The highest BCUT2D eigenvalue weighted by molar-refractivity contribution is 7.47. The van der Waals surface area contributed by atoms with Gasteiger partial charge in [-0.2, -0.15) is 0 Å². The summed E-state index contributed by atoms with van der Waals surface area (Å²) in [6.45, 7) is 4.69. The molecule has 0 bridgehead atoms. The molecule has 3 aromatic rings. The molecule has 0 saturated heterocycles. The van der Waals surface area contributed by atoms with E-state index in [0.29, 0.717) is 15.2 Å². The van der Waals surface area contributed by atoms with Gasteiger partial charge in [0.05, 0.1) is 12.7 Å². The van der Waals surface area contributed by atoms with Gasteiger partial charge in [-0.05, 0) is 36.3 Å². The lowest BCUT2D eigenvalue weighted by Crippen LogP contribution is -2.32. The predicted octanol–water partition coefficient (Wildman–Crippen LogP) is 4.73. The van der Waals surface area contributed by atoms with Gasteiger partial charge in [0, 0.05) is 17.9 Å². The van der Waals surface area contributed by atoms with E-state index in [2.05, 4.69) is 35.6 Å². The van der Waals surface area contributed by atoms with Crippen LogP contribution in [-0.2, 0) is 0 Å². The molecule has 1 unspecified atom stereocenters. The molecule has 146 valence electrons. The van der Waals surface area contributed by atoms with Gasteiger partial charge < -0.3 is 15.2 Å². The third-order valence-corrected chi connectivity index (χ3v) is 5.84. The number of hydrogen-bond acceptors (Lipinski definition) is 3. The minimum Gasteiger partial charge on any atom is -0.493 e. The van der Waals surface area contributed by atoms with Crippen molar-refractivity contribution in [3.05, 3.63) is 84.4 Å². The van der Waals surface area contributed by atoms with Crippen LogP contribution in [0.2, 0.25) is 0 Å². The molecule has 0 heterocycles. The second kappa shape index (κ2) is 10.4. The third-order valence-electron chi connectivity index (χ3n) is 4.71. The molecule has 3 atom stereocenters. The van der Waals surface area contributed by atoms with E-state index in [4.69, 9.17) is 4.74 Å². The molecular formula is C24H28NO2P. The van der Waals surface area contributed by atoms with Crippen molar-refractivity contribution in [3.63, 3.8) is 0 Å². The topological polar surface area (TPSA) is 41.5 Å². The van der Waals surface area contributed by atoms with Crippen LogP contribution in [0.1, 0.15) is 25.5 Å². The Kier molecular flexibility index (Phi) is 7.62. The van der Waals surface area contributed by atoms with Gasteiger partial charge in [-0.25, -0.2) is 0 Å². The number of nitrogens with one attached hydrogen (secondary N) is 1. The van der Waals surface area contributed by atoms with Crippen molar-refractivity contribution in [1.82, 2.24) is 5.32 Å². The Morgan fingerprint density at radius 3 is 2.32 bits per heavy atom. The molecule has 0 saturated carbocycles. The van der Waals surface area contributed by atoms with E-state index < -0.39 is 6.10 Å². The zero-order chi connectivity index (χ0) is 19.8. The molecule has 0 spiro atoms. The first-order chi connectivity index (χ1) is 13.7. The van der Waals surface area contributed by atoms with Gasteiger partial charge in [0.1, 0.15) is 5.75 Å². The lowest BCUT2D eigenvalue weighted by molar-refractivity contribution is 0.139. The predicted molar refractivity (Wildman–Crippen MR) is 120 cm³/mol. The second-order valence-electron chi connectivity index (χ2n) is 6.71. The quantitative estimate of drug-likeness (QED) is 0.517.